The zero-order chi connectivity index (χ0) is 14.1. The second-order valence-electron chi connectivity index (χ2n) is 4.15. The van der Waals surface area contributed by atoms with E-state index in [1.807, 2.05) is 11.0 Å². The molecule has 0 bridgehead atoms. The highest BCUT2D eigenvalue weighted by atomic mass is 35.5. The molecule has 20 heavy (non-hydrogen) atoms. The molecule has 0 saturated carbocycles. The third-order valence-corrected chi connectivity index (χ3v) is 3.94. The summed E-state index contributed by atoms with van der Waals surface area (Å²) >= 11 is 7.21. The van der Waals surface area contributed by atoms with Gasteiger partial charge in [-0.3, -0.25) is 0 Å². The van der Waals surface area contributed by atoms with Crippen LogP contribution in [0.3, 0.4) is 0 Å². The molecule has 0 fully saturated rings. The van der Waals surface area contributed by atoms with Gasteiger partial charge in [-0.05, 0) is 19.4 Å². The molecule has 3 heterocycles. The zero-order valence-corrected chi connectivity index (χ0v) is 12.2. The van der Waals surface area contributed by atoms with Crippen LogP contribution in [-0.2, 0) is 11.2 Å². The van der Waals surface area contributed by atoms with Crippen LogP contribution in [0.15, 0.2) is 11.4 Å². The number of esters is 1. The van der Waals surface area contributed by atoms with Crippen molar-refractivity contribution in [3.63, 3.8) is 0 Å². The van der Waals surface area contributed by atoms with Crippen molar-refractivity contribution >= 4 is 39.9 Å². The van der Waals surface area contributed by atoms with Gasteiger partial charge in [0.1, 0.15) is 0 Å². The van der Waals surface area contributed by atoms with Crippen LogP contribution in [0.1, 0.15) is 23.0 Å². The Kier molecular flexibility index (Phi) is 3.54. The number of fused-ring (bicyclic) bond motifs is 1. The molecule has 6 nitrogen and oxygen atoms in total. The Balaban J connectivity index is 1.87. The van der Waals surface area contributed by atoms with Gasteiger partial charge in [-0.1, -0.05) is 11.6 Å². The summed E-state index contributed by atoms with van der Waals surface area (Å²) in [7, 11) is 0. The Morgan fingerprint density at radius 1 is 1.55 bits per heavy atom. The van der Waals surface area contributed by atoms with Crippen LogP contribution in [-0.4, -0.2) is 34.3 Å². The number of anilines is 2. The predicted octanol–water partition coefficient (Wildman–Crippen LogP) is 2.46. The van der Waals surface area contributed by atoms with Crippen LogP contribution in [0.2, 0.25) is 5.15 Å². The average molecular weight is 311 g/mol. The van der Waals surface area contributed by atoms with Crippen molar-refractivity contribution in [1.29, 1.82) is 0 Å². The average Bonchev–Trinajstić information content (AvgIpc) is 3.04. The number of rotatable bonds is 3. The molecule has 0 N–H and O–H groups in total. The van der Waals surface area contributed by atoms with Crippen molar-refractivity contribution in [3.8, 4) is 0 Å². The first-order valence-corrected chi connectivity index (χ1v) is 7.37. The minimum atomic E-state index is -0.406. The van der Waals surface area contributed by atoms with Gasteiger partial charge in [-0.25, -0.2) is 9.78 Å². The number of aromatic nitrogens is 3. The van der Waals surface area contributed by atoms with Crippen molar-refractivity contribution in [2.45, 2.75) is 13.3 Å². The molecular weight excluding hydrogens is 300 g/mol. The minimum Gasteiger partial charge on any atom is -0.461 e. The first-order valence-electron chi connectivity index (χ1n) is 6.11. The van der Waals surface area contributed by atoms with E-state index in [0.717, 1.165) is 24.3 Å². The predicted molar refractivity (Wildman–Crippen MR) is 75.8 cm³/mol. The highest BCUT2D eigenvalue weighted by Gasteiger charge is 2.26. The summed E-state index contributed by atoms with van der Waals surface area (Å²) < 4.78 is 4.93. The molecule has 0 saturated heterocycles. The van der Waals surface area contributed by atoms with Gasteiger partial charge < -0.3 is 9.64 Å². The Hall–Kier alpha value is -1.73. The van der Waals surface area contributed by atoms with E-state index in [2.05, 4.69) is 15.2 Å². The summed E-state index contributed by atoms with van der Waals surface area (Å²) in [5.74, 6) is 0.343. The van der Waals surface area contributed by atoms with Crippen LogP contribution >= 0.6 is 22.9 Å². The monoisotopic (exact) mass is 310 g/mol. The summed E-state index contributed by atoms with van der Waals surface area (Å²) in [6.07, 6.45) is 0.832. The third kappa shape index (κ3) is 2.34. The molecule has 0 aliphatic carbocycles. The van der Waals surface area contributed by atoms with E-state index in [0.29, 0.717) is 22.6 Å². The second kappa shape index (κ2) is 5.34. The van der Waals surface area contributed by atoms with E-state index < -0.39 is 5.97 Å². The summed E-state index contributed by atoms with van der Waals surface area (Å²) in [6, 6.07) is 1.81. The Morgan fingerprint density at radius 2 is 2.40 bits per heavy atom. The van der Waals surface area contributed by atoms with Gasteiger partial charge in [0.25, 0.3) is 0 Å². The second-order valence-corrected chi connectivity index (χ2v) is 5.38. The molecule has 3 rings (SSSR count). The van der Waals surface area contributed by atoms with Gasteiger partial charge in [0.05, 0.1) is 6.61 Å². The highest BCUT2D eigenvalue weighted by molar-refractivity contribution is 7.14. The fourth-order valence-electron chi connectivity index (χ4n) is 2.02. The van der Waals surface area contributed by atoms with Gasteiger partial charge in [-0.15, -0.1) is 21.5 Å². The maximum atomic E-state index is 11.6. The molecule has 1 aliphatic heterocycles. The lowest BCUT2D eigenvalue weighted by Gasteiger charge is -2.13. The van der Waals surface area contributed by atoms with Crippen molar-refractivity contribution < 1.29 is 9.53 Å². The number of halogens is 1. The molecular formula is C12H11ClN4O2S. The summed E-state index contributed by atoms with van der Waals surface area (Å²) in [5, 5.41) is 10.7. The maximum Gasteiger partial charge on any atom is 0.357 e. The number of carbonyl (C=O) groups excluding carboxylic acids is 1. The van der Waals surface area contributed by atoms with Gasteiger partial charge >= 0.3 is 5.97 Å². The topological polar surface area (TPSA) is 68.2 Å². The van der Waals surface area contributed by atoms with Crippen molar-refractivity contribution in [2.24, 2.45) is 0 Å². The smallest absolute Gasteiger partial charge is 0.357 e. The molecule has 0 amide bonds. The van der Waals surface area contributed by atoms with E-state index in [9.17, 15) is 4.79 Å². The molecule has 0 spiro atoms. The molecule has 2 aromatic rings. The fourth-order valence-corrected chi connectivity index (χ4v) is 3.01. The van der Waals surface area contributed by atoms with Crippen LogP contribution in [0.4, 0.5) is 10.9 Å². The fraction of sp³-hybridized carbons (Fsp3) is 0.333. The SMILES string of the molecule is CCOC(=O)c1csc(N2CCc3cc(Cl)nnc32)n1. The lowest BCUT2D eigenvalue weighted by Crippen LogP contribution is -2.15. The number of ether oxygens (including phenoxy) is 1. The molecule has 2 aromatic heterocycles. The maximum absolute atomic E-state index is 11.6. The quantitative estimate of drug-likeness (QED) is 0.811. The third-order valence-electron chi connectivity index (χ3n) is 2.89. The molecule has 104 valence electrons. The molecule has 8 heteroatoms. The van der Waals surface area contributed by atoms with Gasteiger partial charge in [0.2, 0.25) is 0 Å². The highest BCUT2D eigenvalue weighted by Crippen LogP contribution is 2.34. The van der Waals surface area contributed by atoms with E-state index >= 15 is 0 Å². The van der Waals surface area contributed by atoms with Gasteiger partial charge in [0.15, 0.2) is 21.8 Å². The molecule has 0 aromatic carbocycles. The van der Waals surface area contributed by atoms with Crippen LogP contribution in [0, 0.1) is 0 Å². The van der Waals surface area contributed by atoms with E-state index in [1.54, 1.807) is 12.3 Å². The molecule has 0 unspecified atom stereocenters. The lowest BCUT2D eigenvalue weighted by molar-refractivity contribution is 0.0520. The zero-order valence-electron chi connectivity index (χ0n) is 10.7. The summed E-state index contributed by atoms with van der Waals surface area (Å²) in [4.78, 5) is 17.9. The van der Waals surface area contributed by atoms with Gasteiger partial charge in [-0.2, -0.15) is 0 Å². The lowest BCUT2D eigenvalue weighted by atomic mass is 10.2. The molecule has 0 atom stereocenters. The van der Waals surface area contributed by atoms with Crippen molar-refractivity contribution in [3.05, 3.63) is 27.9 Å². The van der Waals surface area contributed by atoms with Crippen LogP contribution < -0.4 is 4.90 Å². The normalized spacial score (nSPS) is 13.4. The standard InChI is InChI=1S/C12H11ClN4O2S/c1-2-19-11(18)8-6-20-12(14-8)17-4-3-7-5-9(13)15-16-10(7)17/h5-6H,2-4H2,1H3. The van der Waals surface area contributed by atoms with Crippen molar-refractivity contribution in [1.82, 2.24) is 15.2 Å². The van der Waals surface area contributed by atoms with Crippen LogP contribution in [0.25, 0.3) is 0 Å². The van der Waals surface area contributed by atoms with Crippen molar-refractivity contribution in [2.75, 3.05) is 18.1 Å². The first kappa shape index (κ1) is 13.3. The number of hydrogen-bond donors (Lipinski definition) is 0. The number of carbonyl (C=O) groups is 1. The summed E-state index contributed by atoms with van der Waals surface area (Å²) in [5.41, 5.74) is 1.36. The minimum absolute atomic E-state index is 0.322. The largest absolute Gasteiger partial charge is 0.461 e. The Labute approximate surface area is 124 Å². The van der Waals surface area contributed by atoms with E-state index in [4.69, 9.17) is 16.3 Å². The number of thiazole rings is 1. The van der Waals surface area contributed by atoms with Gasteiger partial charge in [0, 0.05) is 17.5 Å². The Bertz CT molecular complexity index is 661. The number of hydrogen-bond acceptors (Lipinski definition) is 7. The van der Waals surface area contributed by atoms with Crippen LogP contribution in [0.5, 0.6) is 0 Å². The Morgan fingerprint density at radius 3 is 3.20 bits per heavy atom. The van der Waals surface area contributed by atoms with E-state index in [-0.39, 0.29) is 0 Å². The molecule has 0 radical (unpaired) electrons. The molecule has 1 aliphatic rings. The summed E-state index contributed by atoms with van der Waals surface area (Å²) in [6.45, 7) is 2.85. The first-order chi connectivity index (χ1) is 9.69. The van der Waals surface area contributed by atoms with E-state index in [1.165, 1.54) is 11.3 Å². The number of nitrogens with zero attached hydrogens (tertiary/aromatic N) is 4.